The molecule has 1 N–H and O–H groups in total. The largest absolute Gasteiger partial charge is 0.354 e. The van der Waals surface area contributed by atoms with Crippen LogP contribution in [0.1, 0.15) is 34.1 Å². The molecule has 29 heavy (non-hydrogen) atoms. The molecule has 2 amide bonds. The van der Waals surface area contributed by atoms with Crippen LogP contribution in [0.3, 0.4) is 0 Å². The van der Waals surface area contributed by atoms with Gasteiger partial charge in [-0.3, -0.25) is 9.59 Å². The molecule has 1 unspecified atom stereocenters. The molecule has 0 saturated carbocycles. The number of hydrogen-bond acceptors (Lipinski definition) is 6. The van der Waals surface area contributed by atoms with Crippen LogP contribution in [0, 0.1) is 0 Å². The summed E-state index contributed by atoms with van der Waals surface area (Å²) in [5.41, 5.74) is 0.458. The van der Waals surface area contributed by atoms with Crippen LogP contribution in [0.15, 0.2) is 40.7 Å². The molecule has 1 aromatic carbocycles. The third-order valence-corrected chi connectivity index (χ3v) is 8.05. The Balaban J connectivity index is 1.47. The first-order chi connectivity index (χ1) is 13.9. The van der Waals surface area contributed by atoms with E-state index in [1.807, 2.05) is 10.3 Å². The van der Waals surface area contributed by atoms with Gasteiger partial charge in [0.25, 0.3) is 5.91 Å². The highest BCUT2D eigenvalue weighted by Gasteiger charge is 2.30. The van der Waals surface area contributed by atoms with E-state index in [-0.39, 0.29) is 35.7 Å². The fourth-order valence-electron chi connectivity index (χ4n) is 3.72. The third kappa shape index (κ3) is 4.19. The van der Waals surface area contributed by atoms with Gasteiger partial charge in [0.1, 0.15) is 0 Å². The molecule has 0 aliphatic carbocycles. The Kier molecular flexibility index (Phi) is 5.66. The van der Waals surface area contributed by atoms with Crippen LogP contribution in [0.25, 0.3) is 0 Å². The van der Waals surface area contributed by atoms with E-state index in [0.717, 1.165) is 22.2 Å². The van der Waals surface area contributed by atoms with Crippen molar-refractivity contribution in [3.8, 4) is 0 Å². The van der Waals surface area contributed by atoms with Crippen LogP contribution < -0.4 is 5.32 Å². The van der Waals surface area contributed by atoms with Crippen molar-refractivity contribution in [2.75, 3.05) is 32.7 Å². The molecule has 4 rings (SSSR count). The fourth-order valence-corrected chi connectivity index (χ4v) is 5.89. The van der Waals surface area contributed by atoms with E-state index in [4.69, 9.17) is 0 Å². The monoisotopic (exact) mass is 434 g/mol. The Morgan fingerprint density at radius 3 is 2.69 bits per heavy atom. The van der Waals surface area contributed by atoms with E-state index in [2.05, 4.69) is 10.3 Å². The van der Waals surface area contributed by atoms with Crippen molar-refractivity contribution in [3.63, 3.8) is 0 Å². The molecular weight excluding hydrogens is 412 g/mol. The maximum atomic E-state index is 12.9. The van der Waals surface area contributed by atoms with Crippen LogP contribution in [0.4, 0.5) is 0 Å². The average molecular weight is 435 g/mol. The third-order valence-electron chi connectivity index (χ3n) is 5.25. The molecule has 10 heteroatoms. The minimum Gasteiger partial charge on any atom is -0.354 e. The summed E-state index contributed by atoms with van der Waals surface area (Å²) in [7, 11) is -3.76. The second-order valence-electron chi connectivity index (χ2n) is 7.17. The Bertz CT molecular complexity index is 990. The van der Waals surface area contributed by atoms with Crippen molar-refractivity contribution in [3.05, 3.63) is 46.4 Å². The molecule has 0 spiro atoms. The predicted molar refractivity (Wildman–Crippen MR) is 108 cm³/mol. The van der Waals surface area contributed by atoms with Gasteiger partial charge in [-0.05, 0) is 37.1 Å². The van der Waals surface area contributed by atoms with Crippen molar-refractivity contribution in [2.24, 2.45) is 0 Å². The van der Waals surface area contributed by atoms with E-state index >= 15 is 0 Å². The second kappa shape index (κ2) is 8.21. The quantitative estimate of drug-likeness (QED) is 0.782. The number of aromatic nitrogens is 1. The standard InChI is InChI=1S/C19H22N4O4S2/c24-17-13-23(10-7-20-17)29(26,27)16-5-3-14(4-6-16)19(25)22-9-1-2-15(12-22)18-21-8-11-28-18/h3-6,8,11,15H,1-2,7,9-10,12-13H2,(H,20,24). The van der Waals surface area contributed by atoms with Gasteiger partial charge in [-0.25, -0.2) is 13.4 Å². The summed E-state index contributed by atoms with van der Waals surface area (Å²) in [6.45, 7) is 1.65. The number of thiazole rings is 1. The molecule has 2 fully saturated rings. The van der Waals surface area contributed by atoms with Gasteiger partial charge >= 0.3 is 0 Å². The van der Waals surface area contributed by atoms with Crippen molar-refractivity contribution < 1.29 is 18.0 Å². The topological polar surface area (TPSA) is 99.7 Å². The number of amides is 2. The van der Waals surface area contributed by atoms with Crippen LogP contribution in [0.5, 0.6) is 0 Å². The smallest absolute Gasteiger partial charge is 0.253 e. The molecule has 8 nitrogen and oxygen atoms in total. The number of sulfonamides is 1. The molecule has 2 aromatic rings. The highest BCUT2D eigenvalue weighted by atomic mass is 32.2. The minimum atomic E-state index is -3.76. The number of hydrogen-bond donors (Lipinski definition) is 1. The van der Waals surface area contributed by atoms with E-state index in [1.165, 1.54) is 12.1 Å². The van der Waals surface area contributed by atoms with E-state index < -0.39 is 10.0 Å². The Morgan fingerprint density at radius 1 is 1.21 bits per heavy atom. The number of piperazine rings is 1. The predicted octanol–water partition coefficient (Wildman–Crippen LogP) is 1.28. The van der Waals surface area contributed by atoms with Crippen LogP contribution >= 0.6 is 11.3 Å². The van der Waals surface area contributed by atoms with Crippen LogP contribution in [0.2, 0.25) is 0 Å². The summed E-state index contributed by atoms with van der Waals surface area (Å²) >= 11 is 1.61. The molecule has 3 heterocycles. The molecule has 154 valence electrons. The summed E-state index contributed by atoms with van der Waals surface area (Å²) < 4.78 is 26.6. The average Bonchev–Trinajstić information content (AvgIpc) is 3.28. The molecule has 2 aliphatic heterocycles. The zero-order valence-corrected chi connectivity index (χ0v) is 17.4. The zero-order valence-electron chi connectivity index (χ0n) is 15.8. The summed E-state index contributed by atoms with van der Waals surface area (Å²) in [5, 5.41) is 5.61. The Morgan fingerprint density at radius 2 is 2.00 bits per heavy atom. The first-order valence-electron chi connectivity index (χ1n) is 9.51. The van der Waals surface area contributed by atoms with Gasteiger partial charge in [0.2, 0.25) is 15.9 Å². The first kappa shape index (κ1) is 20.0. The number of piperidine rings is 1. The number of likely N-dealkylation sites (tertiary alicyclic amines) is 1. The lowest BCUT2D eigenvalue weighted by Crippen LogP contribution is -2.49. The van der Waals surface area contributed by atoms with Gasteiger partial charge in [0, 0.05) is 49.2 Å². The van der Waals surface area contributed by atoms with Crippen molar-refractivity contribution >= 4 is 33.2 Å². The molecular formula is C19H22N4O4S2. The second-order valence-corrected chi connectivity index (χ2v) is 10.0. The molecule has 0 bridgehead atoms. The highest BCUT2D eigenvalue weighted by molar-refractivity contribution is 7.89. The normalized spacial score (nSPS) is 21.0. The number of carbonyl (C=O) groups is 2. The van der Waals surface area contributed by atoms with Gasteiger partial charge in [0.15, 0.2) is 0 Å². The van der Waals surface area contributed by atoms with E-state index in [9.17, 15) is 18.0 Å². The molecule has 2 saturated heterocycles. The van der Waals surface area contributed by atoms with Crippen molar-refractivity contribution in [2.45, 2.75) is 23.7 Å². The van der Waals surface area contributed by atoms with Gasteiger partial charge in [-0.15, -0.1) is 11.3 Å². The van der Waals surface area contributed by atoms with Gasteiger partial charge in [-0.2, -0.15) is 4.31 Å². The minimum absolute atomic E-state index is 0.0862. The van der Waals surface area contributed by atoms with Crippen molar-refractivity contribution in [1.82, 2.24) is 19.5 Å². The number of nitrogens with one attached hydrogen (secondary N) is 1. The van der Waals surface area contributed by atoms with Gasteiger partial charge in [-0.1, -0.05) is 0 Å². The maximum absolute atomic E-state index is 12.9. The lowest BCUT2D eigenvalue weighted by molar-refractivity contribution is -0.122. The SMILES string of the molecule is O=C1CN(S(=O)(=O)c2ccc(C(=O)N3CCCC(c4nccs4)C3)cc2)CCN1. The summed E-state index contributed by atoms with van der Waals surface area (Å²) in [6.07, 6.45) is 3.71. The van der Waals surface area contributed by atoms with Gasteiger partial charge < -0.3 is 10.2 Å². The fraction of sp³-hybridized carbons (Fsp3) is 0.421. The van der Waals surface area contributed by atoms with Crippen molar-refractivity contribution in [1.29, 1.82) is 0 Å². The van der Waals surface area contributed by atoms with E-state index in [1.54, 1.807) is 29.7 Å². The van der Waals surface area contributed by atoms with Gasteiger partial charge in [0.05, 0.1) is 16.4 Å². The highest BCUT2D eigenvalue weighted by Crippen LogP contribution is 2.29. The van der Waals surface area contributed by atoms with Crippen LogP contribution in [-0.2, 0) is 14.8 Å². The molecule has 0 radical (unpaired) electrons. The number of benzene rings is 1. The maximum Gasteiger partial charge on any atom is 0.253 e. The first-order valence-corrected chi connectivity index (χ1v) is 11.8. The lowest BCUT2D eigenvalue weighted by Gasteiger charge is -2.32. The van der Waals surface area contributed by atoms with Crippen LogP contribution in [-0.4, -0.2) is 67.1 Å². The number of nitrogens with zero attached hydrogens (tertiary/aromatic N) is 3. The number of carbonyl (C=O) groups excluding carboxylic acids is 2. The molecule has 1 aromatic heterocycles. The Labute approximate surface area is 173 Å². The van der Waals surface area contributed by atoms with E-state index in [0.29, 0.717) is 25.2 Å². The molecule has 1 atom stereocenters. The molecule has 2 aliphatic rings. The lowest BCUT2D eigenvalue weighted by atomic mass is 9.98. The summed E-state index contributed by atoms with van der Waals surface area (Å²) in [6, 6.07) is 5.98. The zero-order chi connectivity index (χ0) is 20.4. The Hall–Kier alpha value is -2.30. The summed E-state index contributed by atoms with van der Waals surface area (Å²) in [5.74, 6) is -0.170. The number of rotatable bonds is 4. The summed E-state index contributed by atoms with van der Waals surface area (Å²) in [4.78, 5) is 30.7.